The summed E-state index contributed by atoms with van der Waals surface area (Å²) >= 11 is 0.771. The van der Waals surface area contributed by atoms with Gasteiger partial charge < -0.3 is 5.73 Å². The Morgan fingerprint density at radius 2 is 1.86 bits per heavy atom. The number of benzene rings is 1. The number of amides is 1. The molecule has 0 radical (unpaired) electrons. The van der Waals surface area contributed by atoms with Crippen molar-refractivity contribution in [2.75, 3.05) is 5.75 Å². The molecule has 0 saturated heterocycles. The predicted molar refractivity (Wildman–Crippen MR) is 72.4 cm³/mol. The number of nitrogens with zero attached hydrogens (tertiary/aromatic N) is 2. The highest BCUT2D eigenvalue weighted by Gasteiger charge is 2.33. The first-order valence-electron chi connectivity index (χ1n) is 5.79. The molecular formula is C13H10F3N3OS. The standard InChI is InChI=1S/C13H10F3N3OS/c14-13(15,16)10-6-9(8-4-2-1-3-5-8)18-12(19-10)21-7-11(17)20/h1-6H,7H2,(H2,17,20). The first kappa shape index (κ1) is 15.3. The number of carbonyl (C=O) groups excluding carboxylic acids is 1. The average molecular weight is 313 g/mol. The highest BCUT2D eigenvalue weighted by molar-refractivity contribution is 7.99. The van der Waals surface area contributed by atoms with Crippen molar-refractivity contribution in [1.29, 1.82) is 0 Å². The largest absolute Gasteiger partial charge is 0.433 e. The number of carbonyl (C=O) groups is 1. The molecule has 0 aliphatic rings. The van der Waals surface area contributed by atoms with Crippen LogP contribution in [-0.4, -0.2) is 21.6 Å². The topological polar surface area (TPSA) is 68.9 Å². The molecule has 21 heavy (non-hydrogen) atoms. The summed E-state index contributed by atoms with van der Waals surface area (Å²) in [5, 5.41) is -0.137. The minimum atomic E-state index is -4.59. The predicted octanol–water partition coefficient (Wildman–Crippen LogP) is 2.74. The third kappa shape index (κ3) is 4.19. The maximum Gasteiger partial charge on any atom is 0.433 e. The van der Waals surface area contributed by atoms with Crippen LogP contribution < -0.4 is 5.73 Å². The Morgan fingerprint density at radius 3 is 2.43 bits per heavy atom. The van der Waals surface area contributed by atoms with Crippen molar-refractivity contribution >= 4 is 17.7 Å². The highest BCUT2D eigenvalue weighted by atomic mass is 32.2. The Hall–Kier alpha value is -2.09. The number of hydrogen-bond donors (Lipinski definition) is 1. The van der Waals surface area contributed by atoms with E-state index in [9.17, 15) is 18.0 Å². The minimum absolute atomic E-state index is 0.137. The van der Waals surface area contributed by atoms with Crippen LogP contribution in [0.4, 0.5) is 13.2 Å². The van der Waals surface area contributed by atoms with E-state index in [1.807, 2.05) is 0 Å². The second-order valence-electron chi connectivity index (χ2n) is 4.04. The van der Waals surface area contributed by atoms with Gasteiger partial charge in [0.25, 0.3) is 0 Å². The van der Waals surface area contributed by atoms with E-state index in [4.69, 9.17) is 5.73 Å². The van der Waals surface area contributed by atoms with Crippen LogP contribution in [-0.2, 0) is 11.0 Å². The number of alkyl halides is 3. The summed E-state index contributed by atoms with van der Waals surface area (Å²) < 4.78 is 38.6. The summed E-state index contributed by atoms with van der Waals surface area (Å²) in [5.41, 5.74) is 4.60. The van der Waals surface area contributed by atoms with Crippen LogP contribution in [0, 0.1) is 0 Å². The summed E-state index contributed by atoms with van der Waals surface area (Å²) in [6, 6.07) is 9.31. The maximum atomic E-state index is 12.9. The normalized spacial score (nSPS) is 11.4. The fourth-order valence-electron chi connectivity index (χ4n) is 1.53. The second-order valence-corrected chi connectivity index (χ2v) is 4.98. The van der Waals surface area contributed by atoms with Crippen LogP contribution >= 0.6 is 11.8 Å². The summed E-state index contributed by atoms with van der Waals surface area (Å²) in [4.78, 5) is 18.2. The zero-order valence-electron chi connectivity index (χ0n) is 10.6. The molecule has 1 amide bonds. The van der Waals surface area contributed by atoms with Gasteiger partial charge >= 0.3 is 6.18 Å². The van der Waals surface area contributed by atoms with Gasteiger partial charge in [-0.15, -0.1) is 0 Å². The summed E-state index contributed by atoms with van der Waals surface area (Å²) in [5.74, 6) is -0.836. The van der Waals surface area contributed by atoms with Gasteiger partial charge in [-0.25, -0.2) is 9.97 Å². The molecule has 1 heterocycles. The molecule has 0 aliphatic carbocycles. The van der Waals surface area contributed by atoms with Gasteiger partial charge in [0.1, 0.15) is 5.69 Å². The number of hydrogen-bond acceptors (Lipinski definition) is 4. The van der Waals surface area contributed by atoms with Crippen LogP contribution in [0.3, 0.4) is 0 Å². The molecule has 4 nitrogen and oxygen atoms in total. The number of nitrogens with two attached hydrogens (primary N) is 1. The van der Waals surface area contributed by atoms with Crippen molar-refractivity contribution in [3.63, 3.8) is 0 Å². The van der Waals surface area contributed by atoms with E-state index in [-0.39, 0.29) is 16.6 Å². The molecule has 0 spiro atoms. The molecule has 0 bridgehead atoms. The van der Waals surface area contributed by atoms with E-state index in [2.05, 4.69) is 9.97 Å². The molecule has 2 aromatic rings. The van der Waals surface area contributed by atoms with Crippen molar-refractivity contribution in [2.24, 2.45) is 5.73 Å². The summed E-state index contributed by atoms with van der Waals surface area (Å²) in [6.07, 6.45) is -4.59. The quantitative estimate of drug-likeness (QED) is 0.696. The number of halogens is 3. The van der Waals surface area contributed by atoms with Crippen molar-refractivity contribution in [1.82, 2.24) is 9.97 Å². The third-order valence-corrected chi connectivity index (χ3v) is 3.28. The molecule has 110 valence electrons. The van der Waals surface area contributed by atoms with Crippen molar-refractivity contribution < 1.29 is 18.0 Å². The van der Waals surface area contributed by atoms with Gasteiger partial charge in [-0.1, -0.05) is 42.1 Å². The lowest BCUT2D eigenvalue weighted by atomic mass is 10.1. The van der Waals surface area contributed by atoms with E-state index < -0.39 is 17.8 Å². The lowest BCUT2D eigenvalue weighted by Crippen LogP contribution is -2.14. The van der Waals surface area contributed by atoms with Gasteiger partial charge in [-0.3, -0.25) is 4.79 Å². The smallest absolute Gasteiger partial charge is 0.369 e. The van der Waals surface area contributed by atoms with E-state index in [1.165, 1.54) is 0 Å². The van der Waals surface area contributed by atoms with Gasteiger partial charge in [-0.05, 0) is 6.07 Å². The molecule has 1 aromatic heterocycles. The Balaban J connectivity index is 2.45. The van der Waals surface area contributed by atoms with Crippen molar-refractivity contribution in [3.05, 3.63) is 42.1 Å². The zero-order chi connectivity index (χ0) is 15.5. The molecule has 1 aromatic carbocycles. The van der Waals surface area contributed by atoms with Gasteiger partial charge in [0.05, 0.1) is 11.4 Å². The number of rotatable bonds is 4. The van der Waals surface area contributed by atoms with E-state index >= 15 is 0 Å². The summed E-state index contributed by atoms with van der Waals surface area (Å²) in [7, 11) is 0. The molecule has 0 unspecified atom stereocenters. The van der Waals surface area contributed by atoms with Gasteiger partial charge in [0.15, 0.2) is 5.16 Å². The average Bonchev–Trinajstić information content (AvgIpc) is 2.45. The third-order valence-electron chi connectivity index (χ3n) is 2.41. The van der Waals surface area contributed by atoms with E-state index in [1.54, 1.807) is 30.3 Å². The molecule has 2 rings (SSSR count). The summed E-state index contributed by atoms with van der Waals surface area (Å²) in [6.45, 7) is 0. The fourth-order valence-corrected chi connectivity index (χ4v) is 2.12. The van der Waals surface area contributed by atoms with Crippen LogP contribution in [0.25, 0.3) is 11.3 Å². The van der Waals surface area contributed by atoms with Gasteiger partial charge in [0, 0.05) is 5.56 Å². The first-order chi connectivity index (χ1) is 9.86. The zero-order valence-corrected chi connectivity index (χ0v) is 11.4. The van der Waals surface area contributed by atoms with Gasteiger partial charge in [0.2, 0.25) is 5.91 Å². The molecule has 0 fully saturated rings. The van der Waals surface area contributed by atoms with E-state index in [0.717, 1.165) is 17.8 Å². The molecular weight excluding hydrogens is 303 g/mol. The first-order valence-corrected chi connectivity index (χ1v) is 6.77. The molecule has 0 atom stereocenters. The van der Waals surface area contributed by atoms with Crippen LogP contribution in [0.2, 0.25) is 0 Å². The number of primary amides is 1. The van der Waals surface area contributed by atoms with E-state index in [0.29, 0.717) is 5.56 Å². The molecule has 0 saturated carbocycles. The second kappa shape index (κ2) is 6.13. The van der Waals surface area contributed by atoms with Crippen molar-refractivity contribution in [3.8, 4) is 11.3 Å². The maximum absolute atomic E-state index is 12.9. The molecule has 0 aliphatic heterocycles. The lowest BCUT2D eigenvalue weighted by Gasteiger charge is -2.10. The number of aromatic nitrogens is 2. The minimum Gasteiger partial charge on any atom is -0.369 e. The monoisotopic (exact) mass is 313 g/mol. The SMILES string of the molecule is NC(=O)CSc1nc(-c2ccccc2)cc(C(F)(F)F)n1. The van der Waals surface area contributed by atoms with Crippen LogP contribution in [0.1, 0.15) is 5.69 Å². The fraction of sp³-hybridized carbons (Fsp3) is 0.154. The Bertz CT molecular complexity index is 647. The van der Waals surface area contributed by atoms with Crippen LogP contribution in [0.15, 0.2) is 41.6 Å². The van der Waals surface area contributed by atoms with Crippen molar-refractivity contribution in [2.45, 2.75) is 11.3 Å². The Labute approximate surface area is 122 Å². The number of thioether (sulfide) groups is 1. The Morgan fingerprint density at radius 1 is 1.19 bits per heavy atom. The Kier molecular flexibility index (Phi) is 4.46. The van der Waals surface area contributed by atoms with Crippen LogP contribution in [0.5, 0.6) is 0 Å². The lowest BCUT2D eigenvalue weighted by molar-refractivity contribution is -0.141. The molecule has 2 N–H and O–H groups in total. The molecule has 8 heteroatoms. The van der Waals surface area contributed by atoms with Gasteiger partial charge in [-0.2, -0.15) is 13.2 Å². The highest BCUT2D eigenvalue weighted by Crippen LogP contribution is 2.31.